The number of carboxylic acid groups (broad SMARTS) is 1. The molecule has 2 heteroatoms. The highest BCUT2D eigenvalue weighted by atomic mass is 16.4. The molecule has 2 nitrogen and oxygen atoms in total. The predicted octanol–water partition coefficient (Wildman–Crippen LogP) is 6.02. The van der Waals surface area contributed by atoms with Gasteiger partial charge in [-0.1, -0.05) is 70.8 Å². The predicted molar refractivity (Wildman–Crippen MR) is 96.1 cm³/mol. The molecule has 0 radical (unpaired) electrons. The number of hydrogen-bond acceptors (Lipinski definition) is 1. The Kier molecular flexibility index (Phi) is 7.64. The molecule has 1 N–H and O–H groups in total. The summed E-state index contributed by atoms with van der Waals surface area (Å²) in [4.78, 5) is 11.0. The Labute approximate surface area is 141 Å². The minimum atomic E-state index is -0.811. The molecule has 1 unspecified atom stereocenters. The Bertz CT molecular complexity index is 493. The van der Waals surface area contributed by atoms with Crippen LogP contribution < -0.4 is 0 Å². The molecular weight excluding hydrogens is 284 g/mol. The van der Waals surface area contributed by atoms with Crippen LogP contribution in [0.25, 0.3) is 0 Å². The number of hydrogen-bond donors (Lipinski definition) is 1. The van der Waals surface area contributed by atoms with Gasteiger partial charge >= 0.3 is 5.97 Å². The van der Waals surface area contributed by atoms with E-state index in [4.69, 9.17) is 5.11 Å². The van der Waals surface area contributed by atoms with E-state index < -0.39 is 5.97 Å². The van der Waals surface area contributed by atoms with Crippen molar-refractivity contribution in [1.82, 2.24) is 0 Å². The van der Waals surface area contributed by atoms with E-state index in [1.807, 2.05) is 12.1 Å². The fraction of sp³-hybridized carbons (Fsp3) is 0.667. The lowest BCUT2D eigenvalue weighted by Gasteiger charge is -2.25. The lowest BCUT2D eigenvalue weighted by molar-refractivity contribution is 0.0696. The van der Waals surface area contributed by atoms with Crippen molar-refractivity contribution in [2.24, 2.45) is 5.92 Å². The summed E-state index contributed by atoms with van der Waals surface area (Å²) in [6.45, 7) is 2.27. The Morgan fingerprint density at radius 1 is 1.04 bits per heavy atom. The lowest BCUT2D eigenvalue weighted by Crippen LogP contribution is -2.15. The zero-order chi connectivity index (χ0) is 16.5. The van der Waals surface area contributed by atoms with E-state index in [0.717, 1.165) is 18.8 Å². The number of aryl methyl sites for hydroxylation is 1. The number of unbranched alkanes of at least 4 members (excludes halogenated alkanes) is 7. The average molecular weight is 316 g/mol. The third-order valence-corrected chi connectivity index (χ3v) is 5.25. The molecule has 0 saturated heterocycles. The topological polar surface area (TPSA) is 37.3 Å². The van der Waals surface area contributed by atoms with Crippen LogP contribution in [0.2, 0.25) is 0 Å². The van der Waals surface area contributed by atoms with E-state index in [-0.39, 0.29) is 0 Å². The summed E-state index contributed by atoms with van der Waals surface area (Å²) in [5, 5.41) is 9.07. The summed E-state index contributed by atoms with van der Waals surface area (Å²) >= 11 is 0. The van der Waals surface area contributed by atoms with Gasteiger partial charge in [0, 0.05) is 0 Å². The highest BCUT2D eigenvalue weighted by Gasteiger charge is 2.19. The van der Waals surface area contributed by atoms with Crippen LogP contribution in [0, 0.1) is 5.92 Å². The number of benzene rings is 1. The maximum atomic E-state index is 11.0. The molecule has 2 rings (SSSR count). The smallest absolute Gasteiger partial charge is 0.335 e. The molecule has 0 aromatic heterocycles. The van der Waals surface area contributed by atoms with Crippen LogP contribution in [0.3, 0.4) is 0 Å². The highest BCUT2D eigenvalue weighted by molar-refractivity contribution is 5.87. The lowest BCUT2D eigenvalue weighted by atomic mass is 9.81. The Morgan fingerprint density at radius 2 is 1.74 bits per heavy atom. The average Bonchev–Trinajstić information content (AvgIpc) is 2.56. The van der Waals surface area contributed by atoms with E-state index in [9.17, 15) is 4.79 Å². The van der Waals surface area contributed by atoms with Gasteiger partial charge in [-0.25, -0.2) is 4.79 Å². The second kappa shape index (κ2) is 9.75. The zero-order valence-electron chi connectivity index (χ0n) is 14.7. The van der Waals surface area contributed by atoms with Crippen LogP contribution in [-0.4, -0.2) is 11.1 Å². The second-order valence-electron chi connectivity index (χ2n) is 7.16. The van der Waals surface area contributed by atoms with Gasteiger partial charge in [0.2, 0.25) is 0 Å². The van der Waals surface area contributed by atoms with Crippen molar-refractivity contribution in [3.05, 3.63) is 34.9 Å². The number of fused-ring (bicyclic) bond motifs is 1. The Balaban J connectivity index is 1.64. The van der Waals surface area contributed by atoms with Crippen LogP contribution >= 0.6 is 0 Å². The molecule has 0 aliphatic heterocycles. The number of aromatic carboxylic acids is 1. The number of carboxylic acids is 1. The summed E-state index contributed by atoms with van der Waals surface area (Å²) in [5.41, 5.74) is 3.08. The maximum absolute atomic E-state index is 11.0. The van der Waals surface area contributed by atoms with Gasteiger partial charge in [0.05, 0.1) is 5.56 Å². The van der Waals surface area contributed by atoms with Crippen molar-refractivity contribution in [3.63, 3.8) is 0 Å². The van der Waals surface area contributed by atoms with Crippen molar-refractivity contribution in [1.29, 1.82) is 0 Å². The van der Waals surface area contributed by atoms with Gasteiger partial charge in [0.25, 0.3) is 0 Å². The molecule has 1 aromatic rings. The molecule has 1 aliphatic carbocycles. The summed E-state index contributed by atoms with van der Waals surface area (Å²) < 4.78 is 0. The first-order valence-electron chi connectivity index (χ1n) is 9.55. The molecule has 0 spiro atoms. The molecule has 0 amide bonds. The highest BCUT2D eigenvalue weighted by Crippen LogP contribution is 2.29. The first-order chi connectivity index (χ1) is 11.2. The Hall–Kier alpha value is -1.31. The van der Waals surface area contributed by atoms with Crippen LogP contribution in [0.15, 0.2) is 18.2 Å². The van der Waals surface area contributed by atoms with E-state index in [2.05, 4.69) is 6.92 Å². The molecule has 0 saturated carbocycles. The minimum absolute atomic E-state index is 0.435. The van der Waals surface area contributed by atoms with Gasteiger partial charge in [0.1, 0.15) is 0 Å². The van der Waals surface area contributed by atoms with E-state index in [1.54, 1.807) is 6.07 Å². The monoisotopic (exact) mass is 316 g/mol. The van der Waals surface area contributed by atoms with Crippen molar-refractivity contribution >= 4 is 5.97 Å². The van der Waals surface area contributed by atoms with Gasteiger partial charge in [-0.3, -0.25) is 0 Å². The van der Waals surface area contributed by atoms with E-state index in [0.29, 0.717) is 5.56 Å². The third-order valence-electron chi connectivity index (χ3n) is 5.25. The van der Waals surface area contributed by atoms with Crippen LogP contribution in [0.1, 0.15) is 92.6 Å². The van der Waals surface area contributed by atoms with Crippen molar-refractivity contribution < 1.29 is 9.90 Å². The fourth-order valence-electron chi connectivity index (χ4n) is 3.78. The third kappa shape index (κ3) is 6.01. The van der Waals surface area contributed by atoms with Crippen LogP contribution in [0.5, 0.6) is 0 Å². The molecule has 23 heavy (non-hydrogen) atoms. The molecule has 1 atom stereocenters. The quantitative estimate of drug-likeness (QED) is 0.536. The number of carbonyl (C=O) groups is 1. The van der Waals surface area contributed by atoms with Gasteiger partial charge in [-0.2, -0.15) is 0 Å². The van der Waals surface area contributed by atoms with Crippen molar-refractivity contribution in [3.8, 4) is 0 Å². The zero-order valence-corrected chi connectivity index (χ0v) is 14.7. The molecule has 1 aromatic carbocycles. The van der Waals surface area contributed by atoms with Gasteiger partial charge < -0.3 is 5.11 Å². The van der Waals surface area contributed by atoms with E-state index >= 15 is 0 Å². The fourth-order valence-corrected chi connectivity index (χ4v) is 3.78. The maximum Gasteiger partial charge on any atom is 0.335 e. The van der Waals surface area contributed by atoms with Crippen LogP contribution in [0.4, 0.5) is 0 Å². The van der Waals surface area contributed by atoms with Crippen LogP contribution in [-0.2, 0) is 12.8 Å². The largest absolute Gasteiger partial charge is 0.478 e. The van der Waals surface area contributed by atoms with E-state index in [1.165, 1.54) is 75.3 Å². The standard InChI is InChI=1S/C21H32O2/c1-2-3-4-5-6-7-8-9-10-17-11-12-19-16-20(21(22)23)14-13-18(19)15-17/h13-14,16-17H,2-12,15H2,1H3,(H,22,23). The molecule has 128 valence electrons. The molecule has 0 heterocycles. The summed E-state index contributed by atoms with van der Waals surface area (Å²) in [6, 6.07) is 5.68. The number of rotatable bonds is 10. The second-order valence-corrected chi connectivity index (χ2v) is 7.16. The molecule has 0 bridgehead atoms. The minimum Gasteiger partial charge on any atom is -0.478 e. The van der Waals surface area contributed by atoms with Gasteiger partial charge in [-0.15, -0.1) is 0 Å². The first kappa shape index (κ1) is 18.0. The summed E-state index contributed by atoms with van der Waals surface area (Å²) in [7, 11) is 0. The summed E-state index contributed by atoms with van der Waals surface area (Å²) in [5.74, 6) is -0.00729. The van der Waals surface area contributed by atoms with Gasteiger partial charge in [0.15, 0.2) is 0 Å². The molecule has 0 fully saturated rings. The van der Waals surface area contributed by atoms with Crippen molar-refractivity contribution in [2.45, 2.75) is 84.0 Å². The van der Waals surface area contributed by atoms with Crippen molar-refractivity contribution in [2.75, 3.05) is 0 Å². The molecular formula is C21H32O2. The SMILES string of the molecule is CCCCCCCCCCC1CCc2cc(C(=O)O)ccc2C1. The normalized spacial score (nSPS) is 17.0. The Morgan fingerprint density at radius 3 is 2.43 bits per heavy atom. The van der Waals surface area contributed by atoms with Gasteiger partial charge in [-0.05, 0) is 48.4 Å². The molecule has 1 aliphatic rings. The summed E-state index contributed by atoms with van der Waals surface area (Å²) in [6.07, 6.45) is 15.9. The first-order valence-corrected chi connectivity index (χ1v) is 9.55.